The number of methoxy groups -OCH3 is 1. The molecule has 0 radical (unpaired) electrons. The summed E-state index contributed by atoms with van der Waals surface area (Å²) in [7, 11) is 1.61. The summed E-state index contributed by atoms with van der Waals surface area (Å²) in [5, 5.41) is 3.62. The third-order valence-corrected chi connectivity index (χ3v) is 5.33. The largest absolute Gasteiger partial charge is 0.493 e. The van der Waals surface area contributed by atoms with Crippen LogP contribution in [0.1, 0.15) is 109 Å². The minimum Gasteiger partial charge on any atom is -0.493 e. The van der Waals surface area contributed by atoms with Crippen molar-refractivity contribution in [3.05, 3.63) is 23.8 Å². The summed E-state index contributed by atoms with van der Waals surface area (Å²) in [6, 6.07) is 5.53. The lowest BCUT2D eigenvalue weighted by atomic mass is 10.0. The first-order valence-corrected chi connectivity index (χ1v) is 12.2. The van der Waals surface area contributed by atoms with Crippen LogP contribution in [0.3, 0.4) is 0 Å². The average molecular weight is 434 g/mol. The summed E-state index contributed by atoms with van der Waals surface area (Å²) in [6.45, 7) is 4.28. The quantitative estimate of drug-likeness (QED) is 0.0983. The molecule has 0 aliphatic heterocycles. The molecule has 1 aromatic rings. The van der Waals surface area contributed by atoms with Crippen LogP contribution >= 0.6 is 0 Å². The van der Waals surface area contributed by atoms with Crippen molar-refractivity contribution in [2.75, 3.05) is 13.7 Å². The maximum atomic E-state index is 10.8. The molecule has 0 saturated carbocycles. The molecule has 31 heavy (non-hydrogen) atoms. The normalized spacial score (nSPS) is 11.1. The maximum absolute atomic E-state index is 10.8. The van der Waals surface area contributed by atoms with Gasteiger partial charge in [0, 0.05) is 12.5 Å². The fourth-order valence-corrected chi connectivity index (χ4v) is 3.52. The Hall–Kier alpha value is -2.04. The molecule has 0 aliphatic carbocycles. The lowest BCUT2D eigenvalue weighted by Crippen LogP contribution is -2.00. The van der Waals surface area contributed by atoms with Crippen LogP contribution in [0, 0.1) is 0 Å². The van der Waals surface area contributed by atoms with E-state index in [-0.39, 0.29) is 0 Å². The van der Waals surface area contributed by atoms with Crippen molar-refractivity contribution in [1.82, 2.24) is 0 Å². The van der Waals surface area contributed by atoms with E-state index in [0.29, 0.717) is 12.4 Å². The van der Waals surface area contributed by atoms with Gasteiger partial charge in [-0.05, 0) is 24.6 Å². The highest BCUT2D eigenvalue weighted by Crippen LogP contribution is 2.28. The van der Waals surface area contributed by atoms with Crippen molar-refractivity contribution < 1.29 is 19.1 Å². The van der Waals surface area contributed by atoms with Crippen LogP contribution in [0.4, 0.5) is 0 Å². The molecule has 0 unspecified atom stereocenters. The molecule has 1 aromatic carbocycles. The lowest BCUT2D eigenvalue weighted by molar-refractivity contribution is -0.140. The molecule has 0 bridgehead atoms. The molecule has 0 heterocycles. The van der Waals surface area contributed by atoms with Crippen molar-refractivity contribution in [3.8, 4) is 11.5 Å². The van der Waals surface area contributed by atoms with Gasteiger partial charge in [0.05, 0.1) is 19.9 Å². The molecule has 0 fully saturated rings. The van der Waals surface area contributed by atoms with Crippen LogP contribution in [0.15, 0.2) is 23.4 Å². The number of unbranched alkanes of at least 4 members (excludes halogenated alkanes) is 13. The van der Waals surface area contributed by atoms with Gasteiger partial charge in [-0.15, -0.1) is 0 Å². The summed E-state index contributed by atoms with van der Waals surface area (Å²) in [6.07, 6.45) is 20.3. The Morgan fingerprint density at radius 1 is 0.839 bits per heavy atom. The van der Waals surface area contributed by atoms with E-state index in [0.717, 1.165) is 17.7 Å². The topological polar surface area (TPSA) is 57.1 Å². The van der Waals surface area contributed by atoms with E-state index in [4.69, 9.17) is 9.47 Å². The lowest BCUT2D eigenvalue weighted by Gasteiger charge is -2.11. The molecule has 0 amide bonds. The molecule has 5 heteroatoms. The molecule has 176 valence electrons. The highest BCUT2D eigenvalue weighted by atomic mass is 16.7. The summed E-state index contributed by atoms with van der Waals surface area (Å²) >= 11 is 0. The van der Waals surface area contributed by atoms with Crippen molar-refractivity contribution in [2.24, 2.45) is 5.16 Å². The molecule has 0 aliphatic rings. The fraction of sp³-hybridized carbons (Fsp3) is 0.692. The Labute approximate surface area is 189 Å². The second-order valence-electron chi connectivity index (χ2n) is 8.17. The third-order valence-electron chi connectivity index (χ3n) is 5.33. The van der Waals surface area contributed by atoms with Crippen LogP contribution < -0.4 is 9.47 Å². The number of hydrogen-bond acceptors (Lipinski definition) is 5. The standard InChI is InChI=1S/C26H43NO4/c1-4-5-6-7-8-9-10-11-12-13-14-15-16-17-20-30-25-19-18-24(21-26(25)29-3)22-27-31-23(2)28/h18-19,21-22H,4-17,20H2,1-3H3/b27-22+. The Bertz CT molecular complexity index is 615. The van der Waals surface area contributed by atoms with Gasteiger partial charge in [-0.2, -0.15) is 0 Å². The van der Waals surface area contributed by atoms with Crippen LogP contribution in [-0.2, 0) is 9.63 Å². The number of oxime groups is 1. The number of carbonyl (C=O) groups excluding carboxylic acids is 1. The predicted octanol–water partition coefficient (Wildman–Crippen LogP) is 7.45. The summed E-state index contributed by atoms with van der Waals surface area (Å²) in [4.78, 5) is 15.3. The van der Waals surface area contributed by atoms with Crippen molar-refractivity contribution in [2.45, 2.75) is 104 Å². The first-order chi connectivity index (χ1) is 15.2. The van der Waals surface area contributed by atoms with E-state index in [1.165, 1.54) is 96.6 Å². The Balaban J connectivity index is 2.05. The van der Waals surface area contributed by atoms with Gasteiger partial charge in [0.2, 0.25) is 0 Å². The first kappa shape index (κ1) is 27.0. The minimum atomic E-state index is -0.448. The maximum Gasteiger partial charge on any atom is 0.331 e. The molecular formula is C26H43NO4. The highest BCUT2D eigenvalue weighted by molar-refractivity contribution is 5.81. The van der Waals surface area contributed by atoms with E-state index in [2.05, 4.69) is 16.9 Å². The number of hydrogen-bond donors (Lipinski definition) is 0. The number of carbonyl (C=O) groups is 1. The molecule has 1 rings (SSSR count). The highest BCUT2D eigenvalue weighted by Gasteiger charge is 2.05. The van der Waals surface area contributed by atoms with Gasteiger partial charge in [0.1, 0.15) is 0 Å². The second kappa shape index (κ2) is 18.7. The van der Waals surface area contributed by atoms with E-state index in [1.54, 1.807) is 7.11 Å². The van der Waals surface area contributed by atoms with E-state index >= 15 is 0 Å². The molecule has 0 saturated heterocycles. The number of rotatable bonds is 19. The zero-order valence-corrected chi connectivity index (χ0v) is 20.0. The van der Waals surface area contributed by atoms with Gasteiger partial charge in [0.25, 0.3) is 0 Å². The van der Waals surface area contributed by atoms with E-state index in [9.17, 15) is 4.79 Å². The second-order valence-corrected chi connectivity index (χ2v) is 8.17. The van der Waals surface area contributed by atoms with E-state index in [1.807, 2.05) is 18.2 Å². The average Bonchev–Trinajstić information content (AvgIpc) is 2.76. The Morgan fingerprint density at radius 3 is 1.90 bits per heavy atom. The molecule has 0 N–H and O–H groups in total. The van der Waals surface area contributed by atoms with Crippen LogP contribution in [-0.4, -0.2) is 25.9 Å². The van der Waals surface area contributed by atoms with Gasteiger partial charge in [0.15, 0.2) is 11.5 Å². The molecular weight excluding hydrogens is 390 g/mol. The van der Waals surface area contributed by atoms with Crippen LogP contribution in [0.25, 0.3) is 0 Å². The molecule has 0 aromatic heterocycles. The summed E-state index contributed by atoms with van der Waals surface area (Å²) in [5.74, 6) is 0.926. The van der Waals surface area contributed by atoms with Gasteiger partial charge >= 0.3 is 5.97 Å². The molecule has 5 nitrogen and oxygen atoms in total. The SMILES string of the molecule is CCCCCCCCCCCCCCCCOc1ccc(/C=N/OC(C)=O)cc1OC. The third kappa shape index (κ3) is 14.6. The smallest absolute Gasteiger partial charge is 0.331 e. The zero-order chi connectivity index (χ0) is 22.6. The fourth-order valence-electron chi connectivity index (χ4n) is 3.52. The van der Waals surface area contributed by atoms with Gasteiger partial charge in [-0.1, -0.05) is 95.6 Å². The summed E-state index contributed by atoms with van der Waals surface area (Å²) in [5.41, 5.74) is 0.780. The van der Waals surface area contributed by atoms with Crippen molar-refractivity contribution in [3.63, 3.8) is 0 Å². The van der Waals surface area contributed by atoms with Crippen molar-refractivity contribution in [1.29, 1.82) is 0 Å². The van der Waals surface area contributed by atoms with Crippen LogP contribution in [0.2, 0.25) is 0 Å². The minimum absolute atomic E-state index is 0.448. The van der Waals surface area contributed by atoms with E-state index < -0.39 is 5.97 Å². The monoisotopic (exact) mass is 433 g/mol. The van der Waals surface area contributed by atoms with Gasteiger partial charge in [-0.3, -0.25) is 0 Å². The zero-order valence-electron chi connectivity index (χ0n) is 20.0. The summed E-state index contributed by atoms with van der Waals surface area (Å²) < 4.78 is 11.3. The molecule has 0 spiro atoms. The van der Waals surface area contributed by atoms with Crippen LogP contribution in [0.5, 0.6) is 11.5 Å². The first-order valence-electron chi connectivity index (χ1n) is 12.2. The Kier molecular flexibility index (Phi) is 16.3. The number of nitrogens with zero attached hydrogens (tertiary/aromatic N) is 1. The van der Waals surface area contributed by atoms with Crippen molar-refractivity contribution >= 4 is 12.2 Å². The van der Waals surface area contributed by atoms with Gasteiger partial charge in [-0.25, -0.2) is 4.79 Å². The number of ether oxygens (including phenoxy) is 2. The molecule has 0 atom stereocenters. The van der Waals surface area contributed by atoms with Gasteiger partial charge < -0.3 is 14.3 Å². The Morgan fingerprint density at radius 2 is 1.39 bits per heavy atom. The number of benzene rings is 1. The predicted molar refractivity (Wildman–Crippen MR) is 128 cm³/mol.